The van der Waals surface area contributed by atoms with Crippen molar-refractivity contribution in [2.45, 2.75) is 83.4 Å². The minimum atomic E-state index is -0.430. The van der Waals surface area contributed by atoms with Crippen LogP contribution < -0.4 is 5.32 Å². The third-order valence-electron chi connectivity index (χ3n) is 5.59. The molecule has 0 aromatic carbocycles. The second kappa shape index (κ2) is 7.24. The quantitative estimate of drug-likeness (QED) is 0.814. The zero-order valence-corrected chi connectivity index (χ0v) is 13.7. The van der Waals surface area contributed by atoms with Crippen molar-refractivity contribution in [2.75, 3.05) is 19.6 Å². The Morgan fingerprint density at radius 1 is 1.15 bits per heavy atom. The first kappa shape index (κ1) is 16.3. The lowest BCUT2D eigenvalue weighted by molar-refractivity contribution is -0.0125. The second-order valence-corrected chi connectivity index (χ2v) is 7.36. The Morgan fingerprint density at radius 3 is 2.25 bits per heavy atom. The lowest BCUT2D eigenvalue weighted by Crippen LogP contribution is -2.50. The second-order valence-electron chi connectivity index (χ2n) is 7.36. The van der Waals surface area contributed by atoms with Crippen molar-refractivity contribution in [1.82, 2.24) is 10.2 Å². The van der Waals surface area contributed by atoms with Crippen molar-refractivity contribution >= 4 is 0 Å². The summed E-state index contributed by atoms with van der Waals surface area (Å²) >= 11 is 0. The van der Waals surface area contributed by atoms with E-state index < -0.39 is 5.60 Å². The van der Waals surface area contributed by atoms with Crippen molar-refractivity contribution in [3.05, 3.63) is 0 Å². The van der Waals surface area contributed by atoms with E-state index in [4.69, 9.17) is 0 Å². The van der Waals surface area contributed by atoms with Gasteiger partial charge in [-0.2, -0.15) is 0 Å². The van der Waals surface area contributed by atoms with Crippen LogP contribution in [-0.2, 0) is 0 Å². The Hall–Kier alpha value is -0.120. The Labute approximate surface area is 125 Å². The van der Waals surface area contributed by atoms with Gasteiger partial charge in [-0.25, -0.2) is 0 Å². The molecule has 2 rings (SSSR count). The zero-order valence-electron chi connectivity index (χ0n) is 13.7. The lowest BCUT2D eigenvalue weighted by atomic mass is 9.77. The number of nitrogens with zero attached hydrogens (tertiary/aromatic N) is 1. The predicted octanol–water partition coefficient (Wildman–Crippen LogP) is 2.78. The van der Waals surface area contributed by atoms with Gasteiger partial charge in [0.2, 0.25) is 0 Å². The maximum Gasteiger partial charge on any atom is 0.0771 e. The van der Waals surface area contributed by atoms with Gasteiger partial charge >= 0.3 is 0 Å². The van der Waals surface area contributed by atoms with Crippen LogP contribution in [0.3, 0.4) is 0 Å². The summed E-state index contributed by atoms with van der Waals surface area (Å²) in [5.41, 5.74) is -0.430. The van der Waals surface area contributed by atoms with Gasteiger partial charge in [-0.15, -0.1) is 0 Å². The number of rotatable bonds is 5. The molecule has 3 nitrogen and oxygen atoms in total. The molecule has 2 fully saturated rings. The van der Waals surface area contributed by atoms with Crippen LogP contribution >= 0.6 is 0 Å². The van der Waals surface area contributed by atoms with Crippen LogP contribution in [0.25, 0.3) is 0 Å². The molecule has 1 heterocycles. The number of nitrogens with one attached hydrogen (secondary N) is 1. The summed E-state index contributed by atoms with van der Waals surface area (Å²) in [7, 11) is 0. The first-order chi connectivity index (χ1) is 9.52. The molecule has 0 atom stereocenters. The highest BCUT2D eigenvalue weighted by atomic mass is 16.3. The van der Waals surface area contributed by atoms with Crippen LogP contribution in [0.5, 0.6) is 0 Å². The molecule has 0 spiro atoms. The van der Waals surface area contributed by atoms with E-state index in [1.54, 1.807) is 0 Å². The SMILES string of the molecule is CCC1CCC(O)(CNC2CCN(C(C)C)CC2)CC1. The molecular formula is C17H34N2O. The van der Waals surface area contributed by atoms with E-state index in [2.05, 4.69) is 31.0 Å². The summed E-state index contributed by atoms with van der Waals surface area (Å²) in [5, 5.41) is 14.3. The van der Waals surface area contributed by atoms with Crippen molar-refractivity contribution in [3.8, 4) is 0 Å². The lowest BCUT2D eigenvalue weighted by Gasteiger charge is -2.39. The summed E-state index contributed by atoms with van der Waals surface area (Å²) in [5.74, 6) is 0.851. The Morgan fingerprint density at radius 2 is 1.75 bits per heavy atom. The van der Waals surface area contributed by atoms with Crippen molar-refractivity contribution in [2.24, 2.45) is 5.92 Å². The van der Waals surface area contributed by atoms with Gasteiger partial charge in [0.25, 0.3) is 0 Å². The van der Waals surface area contributed by atoms with Crippen molar-refractivity contribution in [1.29, 1.82) is 0 Å². The molecule has 2 N–H and O–H groups in total. The topological polar surface area (TPSA) is 35.5 Å². The van der Waals surface area contributed by atoms with Crippen LogP contribution in [0, 0.1) is 5.92 Å². The van der Waals surface area contributed by atoms with Crippen molar-refractivity contribution in [3.63, 3.8) is 0 Å². The van der Waals surface area contributed by atoms with E-state index in [-0.39, 0.29) is 0 Å². The van der Waals surface area contributed by atoms with Crippen LogP contribution in [0.2, 0.25) is 0 Å². The molecule has 0 bridgehead atoms. The molecule has 118 valence electrons. The van der Waals surface area contributed by atoms with E-state index >= 15 is 0 Å². The van der Waals surface area contributed by atoms with Gasteiger partial charge in [0.1, 0.15) is 0 Å². The molecule has 1 saturated carbocycles. The Bertz CT molecular complexity index is 277. The Kier molecular flexibility index (Phi) is 5.88. The first-order valence-corrected chi connectivity index (χ1v) is 8.72. The molecular weight excluding hydrogens is 248 g/mol. The van der Waals surface area contributed by atoms with Crippen LogP contribution in [-0.4, -0.2) is 47.3 Å². The highest BCUT2D eigenvalue weighted by molar-refractivity contribution is 4.89. The maximum absolute atomic E-state index is 10.7. The van der Waals surface area contributed by atoms with Crippen LogP contribution in [0.4, 0.5) is 0 Å². The average molecular weight is 282 g/mol. The highest BCUT2D eigenvalue weighted by Crippen LogP contribution is 2.33. The molecule has 0 radical (unpaired) electrons. The largest absolute Gasteiger partial charge is 0.389 e. The molecule has 1 saturated heterocycles. The number of likely N-dealkylation sites (tertiary alicyclic amines) is 1. The summed E-state index contributed by atoms with van der Waals surface area (Å²) in [6, 6.07) is 1.28. The van der Waals surface area contributed by atoms with Gasteiger partial charge in [-0.05, 0) is 71.4 Å². The van der Waals surface area contributed by atoms with Gasteiger partial charge in [-0.3, -0.25) is 0 Å². The molecule has 1 aliphatic heterocycles. The zero-order chi connectivity index (χ0) is 14.6. The normalized spacial score (nSPS) is 33.8. The summed E-state index contributed by atoms with van der Waals surface area (Å²) in [6.45, 7) is 10.0. The molecule has 0 unspecified atom stereocenters. The smallest absolute Gasteiger partial charge is 0.0771 e. The first-order valence-electron chi connectivity index (χ1n) is 8.72. The summed E-state index contributed by atoms with van der Waals surface area (Å²) in [6.07, 6.45) is 8.13. The average Bonchev–Trinajstić information content (AvgIpc) is 2.46. The van der Waals surface area contributed by atoms with Crippen LogP contribution in [0.15, 0.2) is 0 Å². The number of piperidine rings is 1. The molecule has 3 heteroatoms. The van der Waals surface area contributed by atoms with E-state index in [0.717, 1.165) is 25.3 Å². The monoisotopic (exact) mass is 282 g/mol. The molecule has 0 amide bonds. The number of aliphatic hydroxyl groups is 1. The van der Waals surface area contributed by atoms with Gasteiger partial charge in [-0.1, -0.05) is 13.3 Å². The van der Waals surface area contributed by atoms with Crippen LogP contribution in [0.1, 0.15) is 65.7 Å². The minimum absolute atomic E-state index is 0.430. The fourth-order valence-electron chi connectivity index (χ4n) is 3.75. The van der Waals surface area contributed by atoms with Gasteiger partial charge in [0.15, 0.2) is 0 Å². The summed E-state index contributed by atoms with van der Waals surface area (Å²) < 4.78 is 0. The fraction of sp³-hybridized carbons (Fsp3) is 1.00. The third kappa shape index (κ3) is 4.44. The van der Waals surface area contributed by atoms with E-state index in [9.17, 15) is 5.11 Å². The Balaban J connectivity index is 1.68. The maximum atomic E-state index is 10.7. The van der Waals surface area contributed by atoms with Crippen molar-refractivity contribution < 1.29 is 5.11 Å². The predicted molar refractivity (Wildman–Crippen MR) is 84.9 cm³/mol. The number of hydrogen-bond acceptors (Lipinski definition) is 3. The number of hydrogen-bond donors (Lipinski definition) is 2. The fourth-order valence-corrected chi connectivity index (χ4v) is 3.75. The van der Waals surface area contributed by atoms with Gasteiger partial charge < -0.3 is 15.3 Å². The summed E-state index contributed by atoms with van der Waals surface area (Å²) in [4.78, 5) is 2.55. The van der Waals surface area contributed by atoms with Gasteiger partial charge in [0.05, 0.1) is 5.60 Å². The van der Waals surface area contributed by atoms with E-state index in [0.29, 0.717) is 12.1 Å². The molecule has 20 heavy (non-hydrogen) atoms. The van der Waals surface area contributed by atoms with E-state index in [1.807, 2.05) is 0 Å². The molecule has 1 aliphatic carbocycles. The standard InChI is InChI=1S/C17H34N2O/c1-4-15-5-9-17(20,10-6-15)13-18-16-7-11-19(12-8-16)14(2)3/h14-16,18,20H,4-13H2,1-3H3. The van der Waals surface area contributed by atoms with E-state index in [1.165, 1.54) is 45.2 Å². The minimum Gasteiger partial charge on any atom is -0.389 e. The molecule has 0 aromatic rings. The third-order valence-corrected chi connectivity index (χ3v) is 5.59. The highest BCUT2D eigenvalue weighted by Gasteiger charge is 2.33. The molecule has 2 aliphatic rings. The van der Waals surface area contributed by atoms with Gasteiger partial charge in [0, 0.05) is 18.6 Å². The molecule has 0 aromatic heterocycles.